The molecule has 0 fully saturated rings. The fourth-order valence-electron chi connectivity index (χ4n) is 1.98. The van der Waals surface area contributed by atoms with E-state index in [2.05, 4.69) is 21.2 Å². The molecule has 0 unspecified atom stereocenters. The number of aromatic hydroxyl groups is 1. The molecule has 0 spiro atoms. The van der Waals surface area contributed by atoms with Crippen LogP contribution >= 0.6 is 15.9 Å². The van der Waals surface area contributed by atoms with Gasteiger partial charge in [-0.3, -0.25) is 0 Å². The van der Waals surface area contributed by atoms with E-state index >= 15 is 0 Å². The number of methoxy groups -OCH3 is 1. The summed E-state index contributed by atoms with van der Waals surface area (Å²) in [6.45, 7) is 3.18. The van der Waals surface area contributed by atoms with E-state index in [1.165, 1.54) is 7.11 Å². The van der Waals surface area contributed by atoms with Crippen molar-refractivity contribution in [3.8, 4) is 17.2 Å². The van der Waals surface area contributed by atoms with Gasteiger partial charge in [-0.1, -0.05) is 12.1 Å². The first kappa shape index (κ1) is 15.5. The predicted octanol–water partition coefficient (Wildman–Crippen LogP) is 4.17. The molecule has 21 heavy (non-hydrogen) atoms. The highest BCUT2D eigenvalue weighted by Crippen LogP contribution is 2.35. The second kappa shape index (κ2) is 7.22. The third-order valence-corrected chi connectivity index (χ3v) is 3.58. The number of anilines is 1. The molecule has 0 atom stereocenters. The molecule has 0 saturated carbocycles. The molecule has 0 aromatic heterocycles. The molecule has 0 aliphatic carbocycles. The highest BCUT2D eigenvalue weighted by Gasteiger charge is 2.09. The summed E-state index contributed by atoms with van der Waals surface area (Å²) < 4.78 is 11.3. The third kappa shape index (κ3) is 3.82. The largest absolute Gasteiger partial charge is 0.503 e. The van der Waals surface area contributed by atoms with Crippen LogP contribution in [0.25, 0.3) is 0 Å². The first-order valence-corrected chi connectivity index (χ1v) is 7.46. The van der Waals surface area contributed by atoms with Crippen molar-refractivity contribution in [3.05, 3.63) is 46.4 Å². The summed E-state index contributed by atoms with van der Waals surface area (Å²) >= 11 is 3.32. The molecule has 0 aliphatic rings. The Hall–Kier alpha value is -1.88. The van der Waals surface area contributed by atoms with Crippen LogP contribution in [0.4, 0.5) is 5.69 Å². The van der Waals surface area contributed by atoms with Gasteiger partial charge in [-0.25, -0.2) is 0 Å². The number of benzene rings is 2. The van der Waals surface area contributed by atoms with Crippen molar-refractivity contribution in [2.24, 2.45) is 0 Å². The van der Waals surface area contributed by atoms with Crippen LogP contribution < -0.4 is 14.8 Å². The average molecular weight is 352 g/mol. The van der Waals surface area contributed by atoms with Crippen LogP contribution in [0, 0.1) is 0 Å². The van der Waals surface area contributed by atoms with Gasteiger partial charge in [-0.15, -0.1) is 0 Å². The maximum absolute atomic E-state index is 9.81. The van der Waals surface area contributed by atoms with Gasteiger partial charge >= 0.3 is 0 Å². The van der Waals surface area contributed by atoms with Gasteiger partial charge in [0.15, 0.2) is 11.5 Å². The zero-order valence-electron chi connectivity index (χ0n) is 12.0. The molecule has 0 aliphatic heterocycles. The van der Waals surface area contributed by atoms with Crippen LogP contribution in [0.1, 0.15) is 12.5 Å². The molecule has 0 radical (unpaired) electrons. The number of phenolic OH excluding ortho intramolecular Hbond substituents is 1. The first-order chi connectivity index (χ1) is 10.2. The number of ether oxygens (including phenoxy) is 2. The normalized spacial score (nSPS) is 10.2. The van der Waals surface area contributed by atoms with Crippen LogP contribution in [-0.2, 0) is 6.54 Å². The van der Waals surface area contributed by atoms with Crippen LogP contribution in [0.2, 0.25) is 0 Å². The average Bonchev–Trinajstić information content (AvgIpc) is 2.50. The predicted molar refractivity (Wildman–Crippen MR) is 87.3 cm³/mol. The van der Waals surface area contributed by atoms with E-state index in [0.29, 0.717) is 23.4 Å². The Bertz CT molecular complexity index is 616. The van der Waals surface area contributed by atoms with E-state index in [4.69, 9.17) is 9.47 Å². The third-order valence-electron chi connectivity index (χ3n) is 2.98. The van der Waals surface area contributed by atoms with Crippen molar-refractivity contribution < 1.29 is 14.6 Å². The van der Waals surface area contributed by atoms with Crippen molar-refractivity contribution in [1.82, 2.24) is 0 Å². The number of nitrogens with one attached hydrogen (secondary N) is 1. The second-order valence-corrected chi connectivity index (χ2v) is 5.27. The number of hydrogen-bond acceptors (Lipinski definition) is 4. The van der Waals surface area contributed by atoms with Crippen LogP contribution in [0.5, 0.6) is 17.2 Å². The van der Waals surface area contributed by atoms with Gasteiger partial charge in [-0.2, -0.15) is 0 Å². The van der Waals surface area contributed by atoms with Gasteiger partial charge in [0, 0.05) is 6.54 Å². The monoisotopic (exact) mass is 351 g/mol. The zero-order chi connectivity index (χ0) is 15.2. The lowest BCUT2D eigenvalue weighted by molar-refractivity contribution is 0.341. The summed E-state index contributed by atoms with van der Waals surface area (Å²) in [5, 5.41) is 13.1. The van der Waals surface area contributed by atoms with Gasteiger partial charge in [0.25, 0.3) is 0 Å². The molecule has 112 valence electrons. The van der Waals surface area contributed by atoms with E-state index in [0.717, 1.165) is 17.0 Å². The van der Waals surface area contributed by atoms with E-state index in [9.17, 15) is 5.11 Å². The Morgan fingerprint density at radius 3 is 2.67 bits per heavy atom. The van der Waals surface area contributed by atoms with Crippen LogP contribution in [-0.4, -0.2) is 18.8 Å². The molecule has 5 heteroatoms. The number of phenols is 1. The van der Waals surface area contributed by atoms with E-state index in [1.807, 2.05) is 37.3 Å². The summed E-state index contributed by atoms with van der Waals surface area (Å²) in [6, 6.07) is 11.5. The van der Waals surface area contributed by atoms with Crippen molar-refractivity contribution in [3.63, 3.8) is 0 Å². The second-order valence-electron chi connectivity index (χ2n) is 4.41. The summed E-state index contributed by atoms with van der Waals surface area (Å²) in [4.78, 5) is 0. The maximum atomic E-state index is 9.81. The lowest BCUT2D eigenvalue weighted by Crippen LogP contribution is -2.03. The van der Waals surface area contributed by atoms with E-state index in [-0.39, 0.29) is 5.75 Å². The van der Waals surface area contributed by atoms with Gasteiger partial charge < -0.3 is 19.9 Å². The smallest absolute Gasteiger partial charge is 0.172 e. The minimum atomic E-state index is 0.107. The van der Waals surface area contributed by atoms with Crippen molar-refractivity contribution >= 4 is 21.6 Å². The molecule has 0 heterocycles. The quantitative estimate of drug-likeness (QED) is 0.819. The Labute approximate surface area is 132 Å². The molecule has 2 aromatic rings. The zero-order valence-corrected chi connectivity index (χ0v) is 13.6. The summed E-state index contributed by atoms with van der Waals surface area (Å²) in [6.07, 6.45) is 0. The van der Waals surface area contributed by atoms with E-state index in [1.54, 1.807) is 6.07 Å². The molecule has 0 amide bonds. The Balaban J connectivity index is 2.15. The summed E-state index contributed by atoms with van der Waals surface area (Å²) in [5.74, 6) is 1.38. The van der Waals surface area contributed by atoms with E-state index < -0.39 is 0 Å². The van der Waals surface area contributed by atoms with Crippen LogP contribution in [0.3, 0.4) is 0 Å². The number of hydrogen-bond donors (Lipinski definition) is 2. The molecular weight excluding hydrogens is 334 g/mol. The van der Waals surface area contributed by atoms with Gasteiger partial charge in [-0.05, 0) is 52.7 Å². The van der Waals surface area contributed by atoms with Gasteiger partial charge in [0.05, 0.1) is 23.9 Å². The topological polar surface area (TPSA) is 50.7 Å². The van der Waals surface area contributed by atoms with Gasteiger partial charge in [0.1, 0.15) is 5.75 Å². The van der Waals surface area contributed by atoms with Crippen molar-refractivity contribution in [2.75, 3.05) is 19.0 Å². The fraction of sp³-hybridized carbons (Fsp3) is 0.250. The molecule has 2 rings (SSSR count). The highest BCUT2D eigenvalue weighted by molar-refractivity contribution is 9.10. The Morgan fingerprint density at radius 2 is 1.95 bits per heavy atom. The highest BCUT2D eigenvalue weighted by atomic mass is 79.9. The van der Waals surface area contributed by atoms with Gasteiger partial charge in [0.2, 0.25) is 0 Å². The number of para-hydroxylation sites is 2. The summed E-state index contributed by atoms with van der Waals surface area (Å²) in [7, 11) is 1.53. The minimum absolute atomic E-state index is 0.107. The molecule has 2 N–H and O–H groups in total. The lowest BCUT2D eigenvalue weighted by Gasteiger charge is -2.13. The SMILES string of the molecule is CCOc1ccccc1NCc1cc(Br)c(O)c(OC)c1. The maximum Gasteiger partial charge on any atom is 0.172 e. The molecule has 0 bridgehead atoms. The van der Waals surface area contributed by atoms with Crippen molar-refractivity contribution in [1.29, 1.82) is 0 Å². The summed E-state index contributed by atoms with van der Waals surface area (Å²) in [5.41, 5.74) is 1.92. The Kier molecular flexibility index (Phi) is 5.33. The molecular formula is C16H18BrNO3. The number of rotatable bonds is 6. The first-order valence-electron chi connectivity index (χ1n) is 6.66. The molecule has 2 aromatic carbocycles. The minimum Gasteiger partial charge on any atom is -0.503 e. The Morgan fingerprint density at radius 1 is 1.19 bits per heavy atom. The number of halogens is 1. The van der Waals surface area contributed by atoms with Crippen LogP contribution in [0.15, 0.2) is 40.9 Å². The fourth-order valence-corrected chi connectivity index (χ4v) is 2.47. The standard InChI is InChI=1S/C16H18BrNO3/c1-3-21-14-7-5-4-6-13(14)18-10-11-8-12(17)16(19)15(9-11)20-2/h4-9,18-19H,3,10H2,1-2H3. The van der Waals surface area contributed by atoms with Crippen molar-refractivity contribution in [2.45, 2.75) is 13.5 Å². The molecule has 4 nitrogen and oxygen atoms in total. The lowest BCUT2D eigenvalue weighted by atomic mass is 10.2. The molecule has 0 saturated heterocycles.